The van der Waals surface area contributed by atoms with Gasteiger partial charge in [0.25, 0.3) is 11.8 Å². The van der Waals surface area contributed by atoms with Gasteiger partial charge in [-0.05, 0) is 60.2 Å². The summed E-state index contributed by atoms with van der Waals surface area (Å²) >= 11 is 0. The molecule has 0 aliphatic rings. The largest absolute Gasteiger partial charge is 0.497 e. The molecule has 0 atom stereocenters. The number of anilines is 1. The number of amides is 2. The van der Waals surface area contributed by atoms with Crippen LogP contribution in [0, 0.1) is 0 Å². The number of rotatable bonds is 7. The van der Waals surface area contributed by atoms with Crippen LogP contribution in [0.15, 0.2) is 77.0 Å². The number of hydrogen-bond acceptors (Lipinski definition) is 6. The fraction of sp³-hybridized carbons (Fsp3) is 0.0870. The van der Waals surface area contributed by atoms with Crippen molar-refractivity contribution >= 4 is 29.5 Å². The van der Waals surface area contributed by atoms with E-state index in [-0.39, 0.29) is 11.5 Å². The van der Waals surface area contributed by atoms with E-state index >= 15 is 0 Å². The quantitative estimate of drug-likeness (QED) is 0.448. The van der Waals surface area contributed by atoms with Gasteiger partial charge in [0.15, 0.2) is 5.76 Å². The Hall–Kier alpha value is -4.33. The molecule has 1 aromatic heterocycles. The van der Waals surface area contributed by atoms with Gasteiger partial charge in [-0.2, -0.15) is 0 Å². The molecular weight excluding hydrogens is 400 g/mol. The first-order chi connectivity index (χ1) is 15.0. The van der Waals surface area contributed by atoms with E-state index in [0.29, 0.717) is 22.6 Å². The maximum absolute atomic E-state index is 12.9. The maximum atomic E-state index is 12.9. The molecule has 31 heavy (non-hydrogen) atoms. The van der Waals surface area contributed by atoms with Crippen LogP contribution in [0.2, 0.25) is 0 Å². The number of nitrogens with one attached hydrogen (secondary N) is 2. The summed E-state index contributed by atoms with van der Waals surface area (Å²) in [6.45, 7) is 0. The highest BCUT2D eigenvalue weighted by Gasteiger charge is 2.17. The van der Waals surface area contributed by atoms with Gasteiger partial charge in [-0.15, -0.1) is 0 Å². The molecule has 0 fully saturated rings. The van der Waals surface area contributed by atoms with Crippen molar-refractivity contribution in [3.05, 3.63) is 89.5 Å². The zero-order chi connectivity index (χ0) is 22.2. The fourth-order valence-corrected chi connectivity index (χ4v) is 2.62. The highest BCUT2D eigenvalue weighted by molar-refractivity contribution is 6.10. The second kappa shape index (κ2) is 9.93. The summed E-state index contributed by atoms with van der Waals surface area (Å²) in [4.78, 5) is 36.9. The van der Waals surface area contributed by atoms with Gasteiger partial charge < -0.3 is 24.5 Å². The predicted octanol–water partition coefficient (Wildman–Crippen LogP) is 3.48. The lowest BCUT2D eigenvalue weighted by atomic mass is 10.1. The molecule has 0 radical (unpaired) electrons. The van der Waals surface area contributed by atoms with Crippen molar-refractivity contribution in [3.8, 4) is 5.75 Å². The topological polar surface area (TPSA) is 107 Å². The molecule has 0 aliphatic heterocycles. The third-order valence-corrected chi connectivity index (χ3v) is 4.23. The highest BCUT2D eigenvalue weighted by atomic mass is 16.5. The first-order valence-corrected chi connectivity index (χ1v) is 9.20. The lowest BCUT2D eigenvalue weighted by Gasteiger charge is -2.11. The van der Waals surface area contributed by atoms with E-state index in [2.05, 4.69) is 15.4 Å². The van der Waals surface area contributed by atoms with Gasteiger partial charge in [0.1, 0.15) is 11.4 Å². The Bertz CT molecular complexity index is 1080. The summed E-state index contributed by atoms with van der Waals surface area (Å²) in [6.07, 6.45) is 2.89. The molecule has 2 amide bonds. The minimum atomic E-state index is -0.569. The van der Waals surface area contributed by atoms with E-state index in [1.807, 2.05) is 0 Å². The van der Waals surface area contributed by atoms with Gasteiger partial charge in [0.05, 0.1) is 26.0 Å². The van der Waals surface area contributed by atoms with Crippen molar-refractivity contribution in [2.75, 3.05) is 19.5 Å². The van der Waals surface area contributed by atoms with Gasteiger partial charge in [0.2, 0.25) is 0 Å². The molecule has 3 aromatic rings. The Balaban J connectivity index is 1.83. The molecule has 8 nitrogen and oxygen atoms in total. The Morgan fingerprint density at radius 2 is 1.65 bits per heavy atom. The Morgan fingerprint density at radius 1 is 0.935 bits per heavy atom. The molecule has 8 heteroatoms. The van der Waals surface area contributed by atoms with Crippen LogP contribution in [0.25, 0.3) is 6.08 Å². The van der Waals surface area contributed by atoms with E-state index in [4.69, 9.17) is 9.15 Å². The number of carbonyl (C=O) groups is 3. The Morgan fingerprint density at radius 3 is 2.23 bits per heavy atom. The lowest BCUT2D eigenvalue weighted by Crippen LogP contribution is -2.30. The van der Waals surface area contributed by atoms with Crippen LogP contribution in [0.4, 0.5) is 5.69 Å². The second-order valence-electron chi connectivity index (χ2n) is 6.29. The molecule has 0 unspecified atom stereocenters. The minimum Gasteiger partial charge on any atom is -0.497 e. The van der Waals surface area contributed by atoms with E-state index in [9.17, 15) is 14.4 Å². The molecule has 0 saturated heterocycles. The Kier molecular flexibility index (Phi) is 6.85. The predicted molar refractivity (Wildman–Crippen MR) is 114 cm³/mol. The molecule has 0 spiro atoms. The number of benzene rings is 2. The van der Waals surface area contributed by atoms with E-state index in [1.54, 1.807) is 49.6 Å². The molecular formula is C23H20N2O6. The summed E-state index contributed by atoms with van der Waals surface area (Å²) in [5, 5.41) is 5.26. The van der Waals surface area contributed by atoms with Crippen LogP contribution in [0.5, 0.6) is 5.75 Å². The van der Waals surface area contributed by atoms with Crippen LogP contribution in [-0.2, 0) is 9.53 Å². The van der Waals surface area contributed by atoms with E-state index < -0.39 is 17.8 Å². The molecule has 0 saturated carbocycles. The first kappa shape index (κ1) is 21.4. The van der Waals surface area contributed by atoms with E-state index in [0.717, 1.165) is 0 Å². The SMILES string of the molecule is COC(=O)c1ccc(NC(=O)C(=Cc2ccc(OC)cc2)NC(=O)c2ccco2)cc1. The van der Waals surface area contributed by atoms with Gasteiger partial charge in [-0.3, -0.25) is 9.59 Å². The monoisotopic (exact) mass is 420 g/mol. The summed E-state index contributed by atoms with van der Waals surface area (Å²) in [5.41, 5.74) is 1.46. The summed E-state index contributed by atoms with van der Waals surface area (Å²) in [6, 6.07) is 16.2. The lowest BCUT2D eigenvalue weighted by molar-refractivity contribution is -0.113. The summed E-state index contributed by atoms with van der Waals surface area (Å²) < 4.78 is 14.9. The van der Waals surface area contributed by atoms with Gasteiger partial charge in [-0.25, -0.2) is 4.79 Å². The van der Waals surface area contributed by atoms with Crippen molar-refractivity contribution in [1.82, 2.24) is 5.32 Å². The van der Waals surface area contributed by atoms with Crippen LogP contribution in [-0.4, -0.2) is 32.0 Å². The number of furan rings is 1. The third-order valence-electron chi connectivity index (χ3n) is 4.23. The second-order valence-corrected chi connectivity index (χ2v) is 6.29. The normalized spacial score (nSPS) is 10.8. The standard InChI is InChI=1S/C23H20N2O6/c1-29-18-11-5-15(6-12-18)14-19(25-22(27)20-4-3-13-31-20)21(26)24-17-9-7-16(8-10-17)23(28)30-2/h3-14H,1-2H3,(H,24,26)(H,25,27). The van der Waals surface area contributed by atoms with Crippen molar-refractivity contribution in [2.24, 2.45) is 0 Å². The zero-order valence-corrected chi connectivity index (χ0v) is 16.9. The van der Waals surface area contributed by atoms with Crippen molar-refractivity contribution in [1.29, 1.82) is 0 Å². The van der Waals surface area contributed by atoms with Crippen LogP contribution in [0.1, 0.15) is 26.5 Å². The average molecular weight is 420 g/mol. The number of esters is 1. The summed E-state index contributed by atoms with van der Waals surface area (Å²) in [5.74, 6) is -0.879. The highest BCUT2D eigenvalue weighted by Crippen LogP contribution is 2.16. The Labute approximate surface area is 178 Å². The number of ether oxygens (including phenoxy) is 2. The van der Waals surface area contributed by atoms with Crippen LogP contribution in [0.3, 0.4) is 0 Å². The molecule has 158 valence electrons. The average Bonchev–Trinajstić information content (AvgIpc) is 3.34. The van der Waals surface area contributed by atoms with Crippen molar-refractivity contribution in [2.45, 2.75) is 0 Å². The third kappa shape index (κ3) is 5.60. The van der Waals surface area contributed by atoms with Crippen LogP contribution < -0.4 is 15.4 Å². The molecule has 1 heterocycles. The molecule has 0 bridgehead atoms. The molecule has 3 rings (SSSR count). The van der Waals surface area contributed by atoms with Crippen LogP contribution >= 0.6 is 0 Å². The van der Waals surface area contributed by atoms with Gasteiger partial charge in [0, 0.05) is 5.69 Å². The number of methoxy groups -OCH3 is 2. The number of carbonyl (C=O) groups excluding carboxylic acids is 3. The fourth-order valence-electron chi connectivity index (χ4n) is 2.62. The maximum Gasteiger partial charge on any atom is 0.337 e. The smallest absolute Gasteiger partial charge is 0.337 e. The van der Waals surface area contributed by atoms with Gasteiger partial charge >= 0.3 is 5.97 Å². The summed E-state index contributed by atoms with van der Waals surface area (Å²) in [7, 11) is 2.84. The van der Waals surface area contributed by atoms with Gasteiger partial charge in [-0.1, -0.05) is 12.1 Å². The van der Waals surface area contributed by atoms with Crippen molar-refractivity contribution in [3.63, 3.8) is 0 Å². The minimum absolute atomic E-state index is 0.00334. The molecule has 2 N–H and O–H groups in total. The zero-order valence-electron chi connectivity index (χ0n) is 16.9. The van der Waals surface area contributed by atoms with E-state index in [1.165, 1.54) is 37.6 Å². The molecule has 0 aliphatic carbocycles. The number of hydrogen-bond donors (Lipinski definition) is 2. The first-order valence-electron chi connectivity index (χ1n) is 9.20. The van der Waals surface area contributed by atoms with Crippen molar-refractivity contribution < 1.29 is 28.3 Å². The molecule has 2 aromatic carbocycles.